The Morgan fingerprint density at radius 2 is 2.28 bits per heavy atom. The van der Waals surface area contributed by atoms with Crippen molar-refractivity contribution in [3.63, 3.8) is 0 Å². The summed E-state index contributed by atoms with van der Waals surface area (Å²) in [4.78, 5) is 13.3. The zero-order valence-electron chi connectivity index (χ0n) is 10.8. The number of benzene rings is 1. The van der Waals surface area contributed by atoms with Gasteiger partial charge in [-0.15, -0.1) is 0 Å². The smallest absolute Gasteiger partial charge is 0.152 e. The van der Waals surface area contributed by atoms with E-state index in [1.54, 1.807) is 13.2 Å². The summed E-state index contributed by atoms with van der Waals surface area (Å²) in [6, 6.07) is 5.44. The Morgan fingerprint density at radius 1 is 1.50 bits per heavy atom. The predicted octanol–water partition coefficient (Wildman–Crippen LogP) is 3.16. The van der Waals surface area contributed by atoms with Gasteiger partial charge in [-0.2, -0.15) is 0 Å². The molecular weight excluding hydrogens is 250 g/mol. The zero-order valence-corrected chi connectivity index (χ0v) is 11.5. The number of hydrogen-bond donors (Lipinski definition) is 0. The quantitative estimate of drug-likeness (QED) is 0.788. The Bertz CT molecular complexity index is 449. The summed E-state index contributed by atoms with van der Waals surface area (Å²) in [5.74, 6) is 0. The highest BCUT2D eigenvalue weighted by molar-refractivity contribution is 6.31. The van der Waals surface area contributed by atoms with Gasteiger partial charge in [0.05, 0.1) is 5.60 Å². The standard InChI is InChI=1S/C14H18ClNO2/c1-14(18-2)6-3-7-16(10-14)13-5-4-12(15)8-11(13)9-17/h4-5,8-9H,3,6-7,10H2,1-2H3. The number of anilines is 1. The molecule has 1 aliphatic heterocycles. The molecule has 0 aromatic heterocycles. The molecule has 0 bridgehead atoms. The van der Waals surface area contributed by atoms with Gasteiger partial charge in [-0.3, -0.25) is 4.79 Å². The molecule has 1 heterocycles. The second-order valence-corrected chi connectivity index (χ2v) is 5.44. The van der Waals surface area contributed by atoms with Gasteiger partial charge in [-0.25, -0.2) is 0 Å². The Morgan fingerprint density at radius 3 is 2.94 bits per heavy atom. The fraction of sp³-hybridized carbons (Fsp3) is 0.500. The van der Waals surface area contributed by atoms with Gasteiger partial charge in [0.1, 0.15) is 0 Å². The van der Waals surface area contributed by atoms with Crippen molar-refractivity contribution < 1.29 is 9.53 Å². The summed E-state index contributed by atoms with van der Waals surface area (Å²) in [5, 5.41) is 0.590. The minimum Gasteiger partial charge on any atom is -0.377 e. The molecule has 3 nitrogen and oxygen atoms in total. The van der Waals surface area contributed by atoms with Gasteiger partial charge in [0.25, 0.3) is 0 Å². The molecule has 0 spiro atoms. The first-order chi connectivity index (χ1) is 8.58. The Labute approximate surface area is 113 Å². The number of methoxy groups -OCH3 is 1. The number of carbonyl (C=O) groups excluding carboxylic acids is 1. The highest BCUT2D eigenvalue weighted by Gasteiger charge is 2.31. The lowest BCUT2D eigenvalue weighted by molar-refractivity contribution is -0.00467. The van der Waals surface area contributed by atoms with Crippen LogP contribution in [0, 0.1) is 0 Å². The first kappa shape index (κ1) is 13.4. The molecule has 0 amide bonds. The van der Waals surface area contributed by atoms with Gasteiger partial charge < -0.3 is 9.64 Å². The summed E-state index contributed by atoms with van der Waals surface area (Å²) >= 11 is 5.92. The lowest BCUT2D eigenvalue weighted by Crippen LogP contribution is -2.47. The average Bonchev–Trinajstić information content (AvgIpc) is 2.38. The van der Waals surface area contributed by atoms with E-state index in [1.807, 2.05) is 12.1 Å². The van der Waals surface area contributed by atoms with E-state index < -0.39 is 0 Å². The summed E-state index contributed by atoms with van der Waals surface area (Å²) in [5.41, 5.74) is 1.44. The van der Waals surface area contributed by atoms with E-state index in [4.69, 9.17) is 16.3 Å². The third kappa shape index (κ3) is 2.68. The molecule has 0 saturated carbocycles. The number of nitrogens with zero attached hydrogens (tertiary/aromatic N) is 1. The van der Waals surface area contributed by atoms with Crippen LogP contribution in [0.1, 0.15) is 30.1 Å². The molecule has 1 aromatic carbocycles. The van der Waals surface area contributed by atoms with Crippen molar-refractivity contribution in [1.82, 2.24) is 0 Å². The predicted molar refractivity (Wildman–Crippen MR) is 73.7 cm³/mol. The van der Waals surface area contributed by atoms with Crippen molar-refractivity contribution in [2.75, 3.05) is 25.1 Å². The van der Waals surface area contributed by atoms with E-state index in [9.17, 15) is 4.79 Å². The van der Waals surface area contributed by atoms with Crippen LogP contribution in [0.15, 0.2) is 18.2 Å². The van der Waals surface area contributed by atoms with Crippen molar-refractivity contribution in [3.05, 3.63) is 28.8 Å². The maximum Gasteiger partial charge on any atom is 0.152 e. The van der Waals surface area contributed by atoms with Crippen LogP contribution in [0.4, 0.5) is 5.69 Å². The SMILES string of the molecule is COC1(C)CCCN(c2ccc(Cl)cc2C=O)C1. The molecule has 1 aromatic rings. The van der Waals surface area contributed by atoms with Gasteiger partial charge in [0.15, 0.2) is 6.29 Å². The molecule has 18 heavy (non-hydrogen) atoms. The van der Waals surface area contributed by atoms with E-state index >= 15 is 0 Å². The number of aldehydes is 1. The van der Waals surface area contributed by atoms with Crippen LogP contribution in [0.25, 0.3) is 0 Å². The Balaban J connectivity index is 2.28. The lowest BCUT2D eigenvalue weighted by atomic mass is 9.94. The van der Waals surface area contributed by atoms with Crippen molar-refractivity contribution in [2.45, 2.75) is 25.4 Å². The number of piperidine rings is 1. The molecule has 4 heteroatoms. The number of rotatable bonds is 3. The molecule has 98 valence electrons. The van der Waals surface area contributed by atoms with E-state index in [2.05, 4.69) is 11.8 Å². The van der Waals surface area contributed by atoms with Crippen molar-refractivity contribution in [2.24, 2.45) is 0 Å². The molecular formula is C14H18ClNO2. The highest BCUT2D eigenvalue weighted by Crippen LogP contribution is 2.30. The van der Waals surface area contributed by atoms with Crippen LogP contribution in [0.2, 0.25) is 5.02 Å². The lowest BCUT2D eigenvalue weighted by Gasteiger charge is -2.41. The minimum absolute atomic E-state index is 0.141. The van der Waals surface area contributed by atoms with Gasteiger partial charge in [-0.05, 0) is 38.0 Å². The topological polar surface area (TPSA) is 29.5 Å². The first-order valence-corrected chi connectivity index (χ1v) is 6.50. The number of halogens is 1. The third-order valence-corrected chi connectivity index (χ3v) is 3.84. The molecule has 0 aliphatic carbocycles. The highest BCUT2D eigenvalue weighted by atomic mass is 35.5. The summed E-state index contributed by atoms with van der Waals surface area (Å²) < 4.78 is 5.57. The second kappa shape index (κ2) is 5.29. The molecule has 0 N–H and O–H groups in total. The Kier molecular flexibility index (Phi) is 3.93. The molecule has 1 saturated heterocycles. The van der Waals surface area contributed by atoms with E-state index in [0.29, 0.717) is 10.6 Å². The van der Waals surface area contributed by atoms with Gasteiger partial charge in [0, 0.05) is 36.5 Å². The summed E-state index contributed by atoms with van der Waals surface area (Å²) in [6.07, 6.45) is 2.97. The van der Waals surface area contributed by atoms with Crippen LogP contribution in [-0.4, -0.2) is 32.1 Å². The van der Waals surface area contributed by atoms with Crippen LogP contribution >= 0.6 is 11.6 Å². The maximum atomic E-state index is 11.1. The molecule has 1 atom stereocenters. The fourth-order valence-corrected chi connectivity index (χ4v) is 2.67. The number of hydrogen-bond acceptors (Lipinski definition) is 3. The summed E-state index contributed by atoms with van der Waals surface area (Å²) in [6.45, 7) is 3.85. The van der Waals surface area contributed by atoms with Crippen LogP contribution in [0.3, 0.4) is 0 Å². The molecule has 2 rings (SSSR count). The normalized spacial score (nSPS) is 24.1. The minimum atomic E-state index is -0.141. The molecule has 1 unspecified atom stereocenters. The molecule has 0 radical (unpaired) electrons. The molecule has 1 aliphatic rings. The van der Waals surface area contributed by atoms with Gasteiger partial charge in [0.2, 0.25) is 0 Å². The van der Waals surface area contributed by atoms with Crippen LogP contribution in [0.5, 0.6) is 0 Å². The number of ether oxygens (including phenoxy) is 1. The van der Waals surface area contributed by atoms with Crippen LogP contribution in [-0.2, 0) is 4.74 Å². The van der Waals surface area contributed by atoms with Crippen molar-refractivity contribution in [3.8, 4) is 0 Å². The average molecular weight is 268 g/mol. The van der Waals surface area contributed by atoms with E-state index in [-0.39, 0.29) is 5.60 Å². The monoisotopic (exact) mass is 267 g/mol. The maximum absolute atomic E-state index is 11.1. The largest absolute Gasteiger partial charge is 0.377 e. The third-order valence-electron chi connectivity index (χ3n) is 3.61. The Hall–Kier alpha value is -1.06. The zero-order chi connectivity index (χ0) is 13.2. The summed E-state index contributed by atoms with van der Waals surface area (Å²) in [7, 11) is 1.74. The van der Waals surface area contributed by atoms with Crippen molar-refractivity contribution in [1.29, 1.82) is 0 Å². The molecule has 1 fully saturated rings. The van der Waals surface area contributed by atoms with E-state index in [0.717, 1.165) is 37.9 Å². The first-order valence-electron chi connectivity index (χ1n) is 6.13. The van der Waals surface area contributed by atoms with Gasteiger partial charge >= 0.3 is 0 Å². The second-order valence-electron chi connectivity index (χ2n) is 5.00. The van der Waals surface area contributed by atoms with Gasteiger partial charge in [-0.1, -0.05) is 11.6 Å². The fourth-order valence-electron chi connectivity index (χ4n) is 2.49. The van der Waals surface area contributed by atoms with Crippen LogP contribution < -0.4 is 4.90 Å². The number of carbonyl (C=O) groups is 1. The van der Waals surface area contributed by atoms with E-state index in [1.165, 1.54) is 0 Å². The van der Waals surface area contributed by atoms with Crippen molar-refractivity contribution >= 4 is 23.6 Å².